The van der Waals surface area contributed by atoms with Crippen molar-refractivity contribution in [2.75, 3.05) is 6.54 Å². The summed E-state index contributed by atoms with van der Waals surface area (Å²) in [5, 5.41) is 5.97. The predicted octanol–water partition coefficient (Wildman–Crippen LogP) is 2.52. The van der Waals surface area contributed by atoms with Gasteiger partial charge in [-0.05, 0) is 12.1 Å². The third-order valence-electron chi connectivity index (χ3n) is 2.69. The van der Waals surface area contributed by atoms with Crippen LogP contribution in [0.3, 0.4) is 0 Å². The van der Waals surface area contributed by atoms with Gasteiger partial charge in [0.2, 0.25) is 5.91 Å². The lowest BCUT2D eigenvalue weighted by Gasteiger charge is -2.05. The molecular formula is C14H17N3OS. The Balaban J connectivity index is 1.90. The molecule has 100 valence electrons. The molecule has 2 aromatic heterocycles. The van der Waals surface area contributed by atoms with Crippen molar-refractivity contribution in [3.8, 4) is 11.3 Å². The van der Waals surface area contributed by atoms with Crippen LogP contribution in [-0.4, -0.2) is 22.4 Å². The van der Waals surface area contributed by atoms with Gasteiger partial charge in [0.05, 0.1) is 10.7 Å². The summed E-state index contributed by atoms with van der Waals surface area (Å²) in [6.45, 7) is 4.42. The molecule has 0 fully saturated rings. The van der Waals surface area contributed by atoms with Crippen LogP contribution in [0.2, 0.25) is 0 Å². The largest absolute Gasteiger partial charge is 0.355 e. The fourth-order valence-corrected chi connectivity index (χ4v) is 2.39. The summed E-state index contributed by atoms with van der Waals surface area (Å²) in [6.07, 6.45) is 4.29. The molecule has 0 aromatic carbocycles. The van der Waals surface area contributed by atoms with Gasteiger partial charge < -0.3 is 5.32 Å². The zero-order valence-electron chi connectivity index (χ0n) is 11.1. The van der Waals surface area contributed by atoms with Crippen LogP contribution in [0.1, 0.15) is 18.9 Å². The Labute approximate surface area is 116 Å². The molecule has 5 heteroatoms. The van der Waals surface area contributed by atoms with E-state index in [1.807, 2.05) is 31.4 Å². The summed E-state index contributed by atoms with van der Waals surface area (Å²) >= 11 is 1.62. The summed E-state index contributed by atoms with van der Waals surface area (Å²) in [6, 6.07) is 3.89. The average molecular weight is 275 g/mol. The van der Waals surface area contributed by atoms with Crippen LogP contribution < -0.4 is 5.32 Å². The number of nitrogens with zero attached hydrogens (tertiary/aromatic N) is 2. The Morgan fingerprint density at radius 3 is 2.79 bits per heavy atom. The van der Waals surface area contributed by atoms with Gasteiger partial charge in [-0.1, -0.05) is 13.8 Å². The predicted molar refractivity (Wildman–Crippen MR) is 76.9 cm³/mol. The quantitative estimate of drug-likeness (QED) is 0.912. The molecule has 4 nitrogen and oxygen atoms in total. The van der Waals surface area contributed by atoms with Gasteiger partial charge in [-0.15, -0.1) is 11.3 Å². The molecule has 2 aromatic rings. The molecule has 0 saturated carbocycles. The van der Waals surface area contributed by atoms with E-state index in [0.717, 1.165) is 22.7 Å². The minimum Gasteiger partial charge on any atom is -0.355 e. The first-order valence-corrected chi connectivity index (χ1v) is 7.17. The molecule has 2 heterocycles. The van der Waals surface area contributed by atoms with Crippen LogP contribution >= 0.6 is 11.3 Å². The minimum absolute atomic E-state index is 0.0312. The van der Waals surface area contributed by atoms with Crippen molar-refractivity contribution in [3.63, 3.8) is 0 Å². The van der Waals surface area contributed by atoms with Crippen molar-refractivity contribution < 1.29 is 4.79 Å². The summed E-state index contributed by atoms with van der Waals surface area (Å²) < 4.78 is 0. The average Bonchev–Trinajstić information content (AvgIpc) is 2.88. The highest BCUT2D eigenvalue weighted by atomic mass is 32.1. The zero-order valence-corrected chi connectivity index (χ0v) is 11.9. The van der Waals surface area contributed by atoms with E-state index < -0.39 is 0 Å². The van der Waals surface area contributed by atoms with E-state index in [-0.39, 0.29) is 11.8 Å². The molecule has 19 heavy (non-hydrogen) atoms. The van der Waals surface area contributed by atoms with Gasteiger partial charge in [0.25, 0.3) is 0 Å². The third kappa shape index (κ3) is 3.86. The maximum absolute atomic E-state index is 11.4. The molecule has 0 aliphatic rings. The first-order chi connectivity index (χ1) is 9.16. The van der Waals surface area contributed by atoms with Crippen LogP contribution in [-0.2, 0) is 11.2 Å². The van der Waals surface area contributed by atoms with E-state index in [2.05, 4.69) is 15.3 Å². The molecule has 1 N–H and O–H groups in total. The number of pyridine rings is 1. The Morgan fingerprint density at radius 2 is 2.11 bits per heavy atom. The van der Waals surface area contributed by atoms with Gasteiger partial charge in [-0.2, -0.15) is 0 Å². The lowest BCUT2D eigenvalue weighted by atomic mass is 10.2. The summed E-state index contributed by atoms with van der Waals surface area (Å²) in [7, 11) is 0. The highest BCUT2D eigenvalue weighted by molar-refractivity contribution is 7.09. The summed E-state index contributed by atoms with van der Waals surface area (Å²) in [5.41, 5.74) is 2.04. The minimum atomic E-state index is 0.0312. The van der Waals surface area contributed by atoms with E-state index in [4.69, 9.17) is 0 Å². The molecular weight excluding hydrogens is 258 g/mol. The van der Waals surface area contributed by atoms with Crippen molar-refractivity contribution in [1.82, 2.24) is 15.3 Å². The van der Waals surface area contributed by atoms with E-state index in [1.54, 1.807) is 23.7 Å². The molecule has 0 saturated heterocycles. The number of thiazole rings is 1. The van der Waals surface area contributed by atoms with Crippen LogP contribution in [0.15, 0.2) is 29.9 Å². The fraction of sp³-hybridized carbons (Fsp3) is 0.357. The Morgan fingerprint density at radius 1 is 1.37 bits per heavy atom. The van der Waals surface area contributed by atoms with Gasteiger partial charge in [0.15, 0.2) is 0 Å². The first kappa shape index (κ1) is 13.7. The van der Waals surface area contributed by atoms with E-state index >= 15 is 0 Å². The van der Waals surface area contributed by atoms with Crippen molar-refractivity contribution in [2.45, 2.75) is 20.3 Å². The lowest BCUT2D eigenvalue weighted by Crippen LogP contribution is -2.29. The SMILES string of the molecule is CC(C)C(=O)NCCc1nc(-c2ccncc2)cs1. The van der Waals surface area contributed by atoms with Crippen molar-refractivity contribution in [2.24, 2.45) is 5.92 Å². The molecule has 2 rings (SSSR count). The van der Waals surface area contributed by atoms with Gasteiger partial charge in [0, 0.05) is 42.2 Å². The van der Waals surface area contributed by atoms with Gasteiger partial charge >= 0.3 is 0 Å². The molecule has 0 atom stereocenters. The summed E-state index contributed by atoms with van der Waals surface area (Å²) in [4.78, 5) is 20.0. The Hall–Kier alpha value is -1.75. The number of amides is 1. The van der Waals surface area contributed by atoms with Gasteiger partial charge in [0.1, 0.15) is 0 Å². The molecule has 0 aliphatic heterocycles. The number of carbonyl (C=O) groups excluding carboxylic acids is 1. The number of hydrogen-bond acceptors (Lipinski definition) is 4. The smallest absolute Gasteiger partial charge is 0.222 e. The second-order valence-corrected chi connectivity index (χ2v) is 5.50. The molecule has 0 radical (unpaired) electrons. The molecule has 0 spiro atoms. The van der Waals surface area contributed by atoms with Crippen molar-refractivity contribution in [1.29, 1.82) is 0 Å². The zero-order chi connectivity index (χ0) is 13.7. The monoisotopic (exact) mass is 275 g/mol. The number of carbonyl (C=O) groups is 1. The van der Waals surface area contributed by atoms with Crippen LogP contribution in [0.25, 0.3) is 11.3 Å². The van der Waals surface area contributed by atoms with E-state index in [9.17, 15) is 4.79 Å². The fourth-order valence-electron chi connectivity index (χ4n) is 1.58. The van der Waals surface area contributed by atoms with E-state index in [0.29, 0.717) is 6.54 Å². The van der Waals surface area contributed by atoms with E-state index in [1.165, 1.54) is 0 Å². The van der Waals surface area contributed by atoms with Crippen LogP contribution in [0, 0.1) is 5.92 Å². The second kappa shape index (κ2) is 6.43. The standard InChI is InChI=1S/C14H17N3OS/c1-10(2)14(18)16-8-5-13-17-12(9-19-13)11-3-6-15-7-4-11/h3-4,6-7,9-10H,5,8H2,1-2H3,(H,16,18). The second-order valence-electron chi connectivity index (χ2n) is 4.56. The first-order valence-electron chi connectivity index (χ1n) is 6.29. The highest BCUT2D eigenvalue weighted by Crippen LogP contribution is 2.21. The maximum Gasteiger partial charge on any atom is 0.222 e. The van der Waals surface area contributed by atoms with Crippen LogP contribution in [0.5, 0.6) is 0 Å². The lowest BCUT2D eigenvalue weighted by molar-refractivity contribution is -0.123. The Bertz CT molecular complexity index is 537. The Kier molecular flexibility index (Phi) is 4.63. The van der Waals surface area contributed by atoms with Gasteiger partial charge in [-0.25, -0.2) is 4.98 Å². The number of nitrogens with one attached hydrogen (secondary N) is 1. The van der Waals surface area contributed by atoms with Gasteiger partial charge in [-0.3, -0.25) is 9.78 Å². The summed E-state index contributed by atoms with van der Waals surface area (Å²) in [5.74, 6) is 0.120. The maximum atomic E-state index is 11.4. The molecule has 0 unspecified atom stereocenters. The van der Waals surface area contributed by atoms with Crippen molar-refractivity contribution >= 4 is 17.2 Å². The number of rotatable bonds is 5. The highest BCUT2D eigenvalue weighted by Gasteiger charge is 2.07. The molecule has 1 amide bonds. The number of aromatic nitrogens is 2. The normalized spacial score (nSPS) is 10.7. The third-order valence-corrected chi connectivity index (χ3v) is 3.60. The topological polar surface area (TPSA) is 54.9 Å². The molecule has 0 aliphatic carbocycles. The van der Waals surface area contributed by atoms with Crippen molar-refractivity contribution in [3.05, 3.63) is 34.9 Å². The molecule has 0 bridgehead atoms. The number of hydrogen-bond donors (Lipinski definition) is 1. The van der Waals surface area contributed by atoms with Crippen LogP contribution in [0.4, 0.5) is 0 Å².